The normalized spacial score (nSPS) is 12.9. The highest BCUT2D eigenvalue weighted by atomic mass is 32.1. The molecule has 0 aliphatic heterocycles. The summed E-state index contributed by atoms with van der Waals surface area (Å²) in [5.74, 6) is -0.566. The van der Waals surface area contributed by atoms with Gasteiger partial charge in [-0.2, -0.15) is 0 Å². The van der Waals surface area contributed by atoms with Gasteiger partial charge in [-0.3, -0.25) is 0 Å². The summed E-state index contributed by atoms with van der Waals surface area (Å²) in [5.41, 5.74) is 1.17. The standard InChI is InChI=1S/C18H21NO6S/c1-24-17(22)16-13(8-10-26-16)15(21)14(20)7-9-19-18(23)25-11-12-5-3-2-4-6-12/h2-6,8,10,14-15,20-21H,7,9,11H2,1H3,(H,19,23). The Morgan fingerprint density at radius 3 is 2.62 bits per heavy atom. The third kappa shape index (κ3) is 5.55. The second-order valence-corrected chi connectivity index (χ2v) is 6.40. The van der Waals surface area contributed by atoms with E-state index in [0.717, 1.165) is 16.9 Å². The minimum Gasteiger partial charge on any atom is -0.465 e. The van der Waals surface area contributed by atoms with Crippen LogP contribution in [0.1, 0.15) is 33.3 Å². The Hall–Kier alpha value is -2.42. The van der Waals surface area contributed by atoms with Gasteiger partial charge in [0, 0.05) is 12.1 Å². The molecule has 2 atom stereocenters. The predicted octanol–water partition coefficient (Wildman–Crippen LogP) is 2.25. The molecule has 2 aromatic rings. The molecule has 0 saturated heterocycles. The Morgan fingerprint density at radius 2 is 1.92 bits per heavy atom. The van der Waals surface area contributed by atoms with Crippen molar-refractivity contribution in [2.45, 2.75) is 25.2 Å². The number of methoxy groups -OCH3 is 1. The number of thiophene rings is 1. The van der Waals surface area contributed by atoms with E-state index in [2.05, 4.69) is 10.1 Å². The van der Waals surface area contributed by atoms with Crippen molar-refractivity contribution in [2.24, 2.45) is 0 Å². The van der Waals surface area contributed by atoms with E-state index in [4.69, 9.17) is 4.74 Å². The third-order valence-corrected chi connectivity index (χ3v) is 4.58. The van der Waals surface area contributed by atoms with Crippen molar-refractivity contribution in [3.05, 3.63) is 57.8 Å². The van der Waals surface area contributed by atoms with E-state index in [1.807, 2.05) is 30.3 Å². The van der Waals surface area contributed by atoms with E-state index in [9.17, 15) is 19.8 Å². The van der Waals surface area contributed by atoms with E-state index in [0.29, 0.717) is 5.56 Å². The van der Waals surface area contributed by atoms with Gasteiger partial charge in [-0.25, -0.2) is 9.59 Å². The molecule has 0 bridgehead atoms. The third-order valence-electron chi connectivity index (χ3n) is 3.67. The number of ether oxygens (including phenoxy) is 2. The van der Waals surface area contributed by atoms with Crippen LogP contribution in [0.5, 0.6) is 0 Å². The number of aliphatic hydroxyl groups excluding tert-OH is 2. The molecule has 0 aliphatic carbocycles. The number of aliphatic hydroxyl groups is 2. The monoisotopic (exact) mass is 379 g/mol. The number of esters is 1. The lowest BCUT2D eigenvalue weighted by Gasteiger charge is -2.18. The number of carbonyl (C=O) groups is 2. The number of rotatable bonds is 8. The van der Waals surface area contributed by atoms with Crippen LogP contribution >= 0.6 is 11.3 Å². The molecule has 0 aliphatic rings. The molecule has 8 heteroatoms. The van der Waals surface area contributed by atoms with E-state index in [1.165, 1.54) is 7.11 Å². The zero-order valence-corrected chi connectivity index (χ0v) is 15.1. The molecule has 2 rings (SSSR count). The van der Waals surface area contributed by atoms with Crippen LogP contribution in [0, 0.1) is 0 Å². The van der Waals surface area contributed by atoms with Crippen molar-refractivity contribution in [1.29, 1.82) is 0 Å². The highest BCUT2D eigenvalue weighted by molar-refractivity contribution is 7.12. The maximum atomic E-state index is 11.6. The zero-order valence-electron chi connectivity index (χ0n) is 14.3. The summed E-state index contributed by atoms with van der Waals surface area (Å²) < 4.78 is 9.70. The highest BCUT2D eigenvalue weighted by Gasteiger charge is 2.25. The maximum Gasteiger partial charge on any atom is 0.407 e. The van der Waals surface area contributed by atoms with Gasteiger partial charge in [0.05, 0.1) is 13.2 Å². The molecule has 0 fully saturated rings. The van der Waals surface area contributed by atoms with Crippen molar-refractivity contribution in [3.63, 3.8) is 0 Å². The second-order valence-electron chi connectivity index (χ2n) is 5.49. The quantitative estimate of drug-likeness (QED) is 0.608. The fraction of sp³-hybridized carbons (Fsp3) is 0.333. The van der Waals surface area contributed by atoms with Crippen molar-refractivity contribution in [2.75, 3.05) is 13.7 Å². The molecule has 2 unspecified atom stereocenters. The molecule has 140 valence electrons. The van der Waals surface area contributed by atoms with Crippen LogP contribution in [0.25, 0.3) is 0 Å². The minimum atomic E-state index is -1.25. The summed E-state index contributed by atoms with van der Waals surface area (Å²) in [6, 6.07) is 10.8. The summed E-state index contributed by atoms with van der Waals surface area (Å²) >= 11 is 1.13. The first-order valence-corrected chi connectivity index (χ1v) is 8.87. The number of alkyl carbamates (subject to hydrolysis) is 1. The van der Waals surface area contributed by atoms with Crippen LogP contribution in [0.4, 0.5) is 4.79 Å². The molecule has 3 N–H and O–H groups in total. The van der Waals surface area contributed by atoms with Crippen LogP contribution < -0.4 is 5.32 Å². The van der Waals surface area contributed by atoms with Gasteiger partial charge >= 0.3 is 12.1 Å². The lowest BCUT2D eigenvalue weighted by molar-refractivity contribution is 0.0129. The van der Waals surface area contributed by atoms with Crippen molar-refractivity contribution >= 4 is 23.4 Å². The topological polar surface area (TPSA) is 105 Å². The van der Waals surface area contributed by atoms with Crippen LogP contribution in [0.3, 0.4) is 0 Å². The molecule has 0 radical (unpaired) electrons. The van der Waals surface area contributed by atoms with Gasteiger partial charge in [0.25, 0.3) is 0 Å². The summed E-state index contributed by atoms with van der Waals surface area (Å²) in [6.45, 7) is 0.263. The van der Waals surface area contributed by atoms with Gasteiger partial charge in [0.2, 0.25) is 0 Å². The maximum absolute atomic E-state index is 11.6. The number of hydrogen-bond donors (Lipinski definition) is 3. The van der Waals surface area contributed by atoms with E-state index >= 15 is 0 Å². The summed E-state index contributed by atoms with van der Waals surface area (Å²) in [5, 5.41) is 24.5. The fourth-order valence-corrected chi connectivity index (χ4v) is 3.13. The smallest absolute Gasteiger partial charge is 0.407 e. The van der Waals surface area contributed by atoms with Crippen LogP contribution in [0.15, 0.2) is 41.8 Å². The van der Waals surface area contributed by atoms with E-state index in [-0.39, 0.29) is 24.4 Å². The van der Waals surface area contributed by atoms with Gasteiger partial charge < -0.3 is 25.0 Å². The molecule has 1 aromatic carbocycles. The lowest BCUT2D eigenvalue weighted by atomic mass is 10.0. The average Bonchev–Trinajstić information content (AvgIpc) is 3.15. The first-order valence-electron chi connectivity index (χ1n) is 7.99. The van der Waals surface area contributed by atoms with Crippen LogP contribution in [-0.4, -0.2) is 42.0 Å². The Kier molecular flexibility index (Phi) is 7.58. The molecule has 1 amide bonds. The first kappa shape index (κ1) is 19.9. The van der Waals surface area contributed by atoms with Gasteiger partial charge in [0.1, 0.15) is 17.6 Å². The number of hydrogen-bond acceptors (Lipinski definition) is 7. The van der Waals surface area contributed by atoms with Gasteiger partial charge in [-0.1, -0.05) is 30.3 Å². The van der Waals surface area contributed by atoms with E-state index < -0.39 is 24.3 Å². The largest absolute Gasteiger partial charge is 0.465 e. The zero-order chi connectivity index (χ0) is 18.9. The van der Waals surface area contributed by atoms with Crippen molar-refractivity contribution < 1.29 is 29.3 Å². The second kappa shape index (κ2) is 9.91. The predicted molar refractivity (Wildman–Crippen MR) is 95.9 cm³/mol. The average molecular weight is 379 g/mol. The molecular formula is C18H21NO6S. The summed E-state index contributed by atoms with van der Waals surface area (Å²) in [6.07, 6.45) is -2.92. The first-order chi connectivity index (χ1) is 12.5. The number of amides is 1. The Balaban J connectivity index is 1.76. The molecule has 1 aromatic heterocycles. The highest BCUT2D eigenvalue weighted by Crippen LogP contribution is 2.27. The Bertz CT molecular complexity index is 717. The van der Waals surface area contributed by atoms with Gasteiger partial charge in [-0.05, 0) is 23.4 Å². The number of carbonyl (C=O) groups excluding carboxylic acids is 2. The Morgan fingerprint density at radius 1 is 1.19 bits per heavy atom. The van der Waals surface area contributed by atoms with Crippen molar-refractivity contribution in [1.82, 2.24) is 5.32 Å². The molecule has 0 spiro atoms. The minimum absolute atomic E-state index is 0.0953. The molecule has 0 saturated carbocycles. The van der Waals surface area contributed by atoms with Gasteiger partial charge in [-0.15, -0.1) is 11.3 Å². The van der Waals surface area contributed by atoms with Crippen LogP contribution in [0.2, 0.25) is 0 Å². The van der Waals surface area contributed by atoms with E-state index in [1.54, 1.807) is 11.4 Å². The van der Waals surface area contributed by atoms with Crippen LogP contribution in [-0.2, 0) is 16.1 Å². The van der Waals surface area contributed by atoms with Crippen molar-refractivity contribution in [3.8, 4) is 0 Å². The molecule has 7 nitrogen and oxygen atoms in total. The van der Waals surface area contributed by atoms with Gasteiger partial charge in [0.15, 0.2) is 0 Å². The summed E-state index contributed by atoms with van der Waals surface area (Å²) in [4.78, 5) is 23.5. The summed E-state index contributed by atoms with van der Waals surface area (Å²) in [7, 11) is 1.25. The Labute approximate surface area is 155 Å². The molecule has 1 heterocycles. The number of benzene rings is 1. The SMILES string of the molecule is COC(=O)c1sccc1C(O)C(O)CCNC(=O)OCc1ccccc1. The fourth-order valence-electron chi connectivity index (χ4n) is 2.27. The lowest BCUT2D eigenvalue weighted by Crippen LogP contribution is -2.30. The molecule has 26 heavy (non-hydrogen) atoms. The number of nitrogens with one attached hydrogen (secondary N) is 1. The molecular weight excluding hydrogens is 358 g/mol.